The van der Waals surface area contributed by atoms with Gasteiger partial charge < -0.3 is 15.1 Å². The molecule has 33 heavy (non-hydrogen) atoms. The van der Waals surface area contributed by atoms with E-state index in [2.05, 4.69) is 25.1 Å². The molecule has 1 N–H and O–H groups in total. The SMILES string of the molecule is CN(C)CCN(C)c1cnc2ccc(/C=C3/SC(Nc4c(Cl)cccc4Cl)=NC3=O)cc2n1. The molecule has 170 valence electrons. The third-order valence-electron chi connectivity index (χ3n) is 4.94. The zero-order valence-electron chi connectivity index (χ0n) is 18.3. The van der Waals surface area contributed by atoms with Crippen molar-refractivity contribution in [3.63, 3.8) is 0 Å². The second kappa shape index (κ2) is 10.1. The van der Waals surface area contributed by atoms with Crippen LogP contribution in [-0.4, -0.2) is 60.2 Å². The van der Waals surface area contributed by atoms with Crippen molar-refractivity contribution in [3.05, 3.63) is 63.1 Å². The fourth-order valence-electron chi connectivity index (χ4n) is 3.10. The summed E-state index contributed by atoms with van der Waals surface area (Å²) in [4.78, 5) is 30.5. The van der Waals surface area contributed by atoms with Crippen molar-refractivity contribution in [3.8, 4) is 0 Å². The van der Waals surface area contributed by atoms with Crippen LogP contribution in [0.25, 0.3) is 17.1 Å². The van der Waals surface area contributed by atoms with Crippen LogP contribution in [0.4, 0.5) is 11.5 Å². The minimum absolute atomic E-state index is 0.325. The number of amides is 1. The van der Waals surface area contributed by atoms with E-state index in [1.165, 1.54) is 11.8 Å². The molecule has 0 spiro atoms. The van der Waals surface area contributed by atoms with Gasteiger partial charge in [-0.05, 0) is 61.8 Å². The first-order chi connectivity index (χ1) is 15.8. The first-order valence-electron chi connectivity index (χ1n) is 10.2. The number of aliphatic imine (C=N–C) groups is 1. The number of aromatic nitrogens is 2. The predicted octanol–water partition coefficient (Wildman–Crippen LogP) is 5.02. The fraction of sp³-hybridized carbons (Fsp3) is 0.217. The van der Waals surface area contributed by atoms with E-state index in [-0.39, 0.29) is 5.91 Å². The zero-order chi connectivity index (χ0) is 23.5. The van der Waals surface area contributed by atoms with Crippen LogP contribution < -0.4 is 10.2 Å². The van der Waals surface area contributed by atoms with E-state index in [9.17, 15) is 4.79 Å². The third kappa shape index (κ3) is 5.65. The molecule has 1 amide bonds. The number of likely N-dealkylation sites (N-methyl/N-ethyl adjacent to an activating group) is 2. The number of hydrogen-bond acceptors (Lipinski definition) is 7. The van der Waals surface area contributed by atoms with Crippen molar-refractivity contribution in [1.29, 1.82) is 0 Å². The fourth-order valence-corrected chi connectivity index (χ4v) is 4.40. The lowest BCUT2D eigenvalue weighted by atomic mass is 10.2. The van der Waals surface area contributed by atoms with E-state index in [1.54, 1.807) is 30.5 Å². The number of anilines is 2. The summed E-state index contributed by atoms with van der Waals surface area (Å²) in [6.45, 7) is 1.75. The minimum Gasteiger partial charge on any atom is -0.357 e. The average Bonchev–Trinajstić information content (AvgIpc) is 3.12. The highest BCUT2D eigenvalue weighted by atomic mass is 35.5. The first-order valence-corrected chi connectivity index (χ1v) is 11.7. The summed E-state index contributed by atoms with van der Waals surface area (Å²) in [7, 11) is 6.07. The molecule has 0 fully saturated rings. The van der Waals surface area contributed by atoms with Crippen LogP contribution in [0.5, 0.6) is 0 Å². The average molecular weight is 501 g/mol. The molecule has 0 unspecified atom stereocenters. The number of fused-ring (bicyclic) bond motifs is 1. The van der Waals surface area contributed by atoms with Crippen LogP contribution in [0.1, 0.15) is 5.56 Å². The summed E-state index contributed by atoms with van der Waals surface area (Å²) in [6, 6.07) is 10.9. The monoisotopic (exact) mass is 500 g/mol. The molecular weight excluding hydrogens is 479 g/mol. The van der Waals surface area contributed by atoms with Crippen molar-refractivity contribution >= 4 is 74.7 Å². The van der Waals surface area contributed by atoms with Gasteiger partial charge in [0.2, 0.25) is 0 Å². The van der Waals surface area contributed by atoms with E-state index in [0.29, 0.717) is 25.8 Å². The maximum atomic E-state index is 12.5. The molecule has 7 nitrogen and oxygen atoms in total. The Balaban J connectivity index is 1.53. The normalized spacial score (nSPS) is 14.9. The molecule has 0 radical (unpaired) electrons. The molecule has 10 heteroatoms. The highest BCUT2D eigenvalue weighted by Crippen LogP contribution is 2.34. The second-order valence-corrected chi connectivity index (χ2v) is 9.60. The highest BCUT2D eigenvalue weighted by molar-refractivity contribution is 8.18. The number of carbonyl (C=O) groups excluding carboxylic acids is 1. The van der Waals surface area contributed by atoms with E-state index in [1.807, 2.05) is 39.3 Å². The lowest BCUT2D eigenvalue weighted by Crippen LogP contribution is -2.29. The molecule has 0 saturated carbocycles. The zero-order valence-corrected chi connectivity index (χ0v) is 20.7. The van der Waals surface area contributed by atoms with Crippen molar-refractivity contribution < 1.29 is 4.79 Å². The number of nitrogens with one attached hydrogen (secondary N) is 1. The standard InChI is InChI=1S/C23H22Cl2N6OS/c1-30(2)9-10-31(3)20-13-26-17-8-7-14(11-18(17)27-20)12-19-22(32)29-23(33-19)28-21-15(24)5-4-6-16(21)25/h4-8,11-13H,9-10H2,1-3H3,(H,28,29,32)/b19-12+. The number of para-hydroxylation sites is 1. The van der Waals surface area contributed by atoms with Gasteiger partial charge in [0.25, 0.3) is 5.91 Å². The lowest BCUT2D eigenvalue weighted by molar-refractivity contribution is -0.113. The summed E-state index contributed by atoms with van der Waals surface area (Å²) >= 11 is 13.6. The number of amidine groups is 1. The number of hydrogen-bond donors (Lipinski definition) is 1. The van der Waals surface area contributed by atoms with Crippen LogP contribution in [0, 0.1) is 0 Å². The van der Waals surface area contributed by atoms with Gasteiger partial charge in [-0.3, -0.25) is 9.78 Å². The summed E-state index contributed by atoms with van der Waals surface area (Å²) < 4.78 is 0. The largest absolute Gasteiger partial charge is 0.357 e. The smallest absolute Gasteiger partial charge is 0.286 e. The van der Waals surface area contributed by atoms with Gasteiger partial charge in [-0.25, -0.2) is 4.98 Å². The van der Waals surface area contributed by atoms with Gasteiger partial charge in [0.1, 0.15) is 5.82 Å². The summed E-state index contributed by atoms with van der Waals surface area (Å²) in [5, 5.41) is 4.38. The molecule has 1 aliphatic rings. The van der Waals surface area contributed by atoms with Crippen LogP contribution >= 0.6 is 35.0 Å². The Labute approximate surface area is 206 Å². The van der Waals surface area contributed by atoms with E-state index in [4.69, 9.17) is 28.2 Å². The van der Waals surface area contributed by atoms with Crippen LogP contribution in [0.3, 0.4) is 0 Å². The Kier molecular flexibility index (Phi) is 7.19. The Morgan fingerprint density at radius 3 is 2.55 bits per heavy atom. The van der Waals surface area contributed by atoms with E-state index < -0.39 is 0 Å². The number of rotatable bonds is 6. The molecule has 4 rings (SSSR count). The van der Waals surface area contributed by atoms with Crippen molar-refractivity contribution in [2.75, 3.05) is 44.4 Å². The van der Waals surface area contributed by atoms with Gasteiger partial charge in [0.05, 0.1) is 37.9 Å². The topological polar surface area (TPSA) is 73.7 Å². The van der Waals surface area contributed by atoms with Gasteiger partial charge in [-0.2, -0.15) is 4.99 Å². The molecule has 2 aromatic carbocycles. The van der Waals surface area contributed by atoms with Gasteiger partial charge in [-0.1, -0.05) is 35.3 Å². The van der Waals surface area contributed by atoms with E-state index >= 15 is 0 Å². The van der Waals surface area contributed by atoms with Crippen molar-refractivity contribution in [1.82, 2.24) is 14.9 Å². The summed E-state index contributed by atoms with van der Waals surface area (Å²) in [6.07, 6.45) is 3.57. The highest BCUT2D eigenvalue weighted by Gasteiger charge is 2.23. The van der Waals surface area contributed by atoms with Crippen LogP contribution in [0.15, 0.2) is 52.5 Å². The number of halogens is 2. The molecular formula is C23H22Cl2N6OS. The van der Waals surface area contributed by atoms with Crippen molar-refractivity contribution in [2.45, 2.75) is 0 Å². The third-order valence-corrected chi connectivity index (χ3v) is 6.47. The molecule has 0 aliphatic carbocycles. The number of thioether (sulfide) groups is 1. The van der Waals surface area contributed by atoms with Gasteiger partial charge in [0.15, 0.2) is 5.17 Å². The first kappa shape index (κ1) is 23.5. The molecule has 0 bridgehead atoms. The van der Waals surface area contributed by atoms with Gasteiger partial charge >= 0.3 is 0 Å². The Morgan fingerprint density at radius 2 is 1.82 bits per heavy atom. The number of nitrogens with zero attached hydrogens (tertiary/aromatic N) is 5. The Bertz CT molecular complexity index is 1260. The number of carbonyl (C=O) groups is 1. The minimum atomic E-state index is -0.325. The quantitative estimate of drug-likeness (QED) is 0.476. The van der Waals surface area contributed by atoms with Crippen LogP contribution in [0.2, 0.25) is 10.0 Å². The summed E-state index contributed by atoms with van der Waals surface area (Å²) in [5.74, 6) is 0.473. The van der Waals surface area contributed by atoms with Gasteiger partial charge in [0, 0.05) is 20.1 Å². The van der Waals surface area contributed by atoms with E-state index in [0.717, 1.165) is 35.5 Å². The summed E-state index contributed by atoms with van der Waals surface area (Å²) in [5.41, 5.74) is 2.91. The van der Waals surface area contributed by atoms with Gasteiger partial charge in [-0.15, -0.1) is 0 Å². The molecule has 1 aliphatic heterocycles. The van der Waals surface area contributed by atoms with Crippen LogP contribution in [-0.2, 0) is 4.79 Å². The van der Waals surface area contributed by atoms with Crippen molar-refractivity contribution in [2.24, 2.45) is 4.99 Å². The lowest BCUT2D eigenvalue weighted by Gasteiger charge is -2.20. The number of benzene rings is 2. The Morgan fingerprint density at radius 1 is 1.06 bits per heavy atom. The molecule has 2 heterocycles. The molecule has 1 aromatic heterocycles. The predicted molar refractivity (Wildman–Crippen MR) is 139 cm³/mol. The maximum absolute atomic E-state index is 12.5. The maximum Gasteiger partial charge on any atom is 0.286 e. The Hall–Kier alpha value is -2.65. The molecule has 3 aromatic rings. The molecule has 0 atom stereocenters. The second-order valence-electron chi connectivity index (χ2n) is 7.76. The molecule has 0 saturated heterocycles.